The number of rotatable bonds is 3. The monoisotopic (exact) mass is 273 g/mol. The van der Waals surface area contributed by atoms with E-state index in [4.69, 9.17) is 14.9 Å². The van der Waals surface area contributed by atoms with Crippen molar-refractivity contribution in [2.45, 2.75) is 0 Å². The third-order valence-corrected chi connectivity index (χ3v) is 2.81. The topological polar surface area (TPSA) is 73.3 Å². The number of oxazole rings is 1. The second-order valence-electron chi connectivity index (χ2n) is 4.22. The van der Waals surface area contributed by atoms with Crippen molar-refractivity contribution in [3.8, 4) is 5.75 Å². The number of hydrogen-bond donors (Lipinski definition) is 2. The van der Waals surface area contributed by atoms with Gasteiger partial charge in [-0.3, -0.25) is 0 Å². The van der Waals surface area contributed by atoms with E-state index in [2.05, 4.69) is 10.3 Å². The third kappa shape index (κ3) is 2.23. The third-order valence-electron chi connectivity index (χ3n) is 2.81. The molecular formula is C14H12FN3O2. The number of aromatic nitrogens is 1. The molecule has 0 unspecified atom stereocenters. The number of halogens is 1. The van der Waals surface area contributed by atoms with Gasteiger partial charge in [-0.1, -0.05) is 0 Å². The van der Waals surface area contributed by atoms with Gasteiger partial charge in [0.15, 0.2) is 17.1 Å². The van der Waals surface area contributed by atoms with E-state index >= 15 is 0 Å². The van der Waals surface area contributed by atoms with Gasteiger partial charge in [-0.15, -0.1) is 0 Å². The van der Waals surface area contributed by atoms with Crippen LogP contribution in [0.15, 0.2) is 40.8 Å². The van der Waals surface area contributed by atoms with Gasteiger partial charge < -0.3 is 20.2 Å². The Kier molecular flexibility index (Phi) is 2.90. The molecule has 2 aromatic carbocycles. The van der Waals surface area contributed by atoms with Crippen LogP contribution in [0.4, 0.5) is 21.8 Å². The average molecular weight is 273 g/mol. The first-order valence-corrected chi connectivity index (χ1v) is 5.92. The number of benzene rings is 2. The zero-order valence-corrected chi connectivity index (χ0v) is 10.7. The summed E-state index contributed by atoms with van der Waals surface area (Å²) in [5.41, 5.74) is 8.18. The SMILES string of the molecule is COc1cc(Nc2nc3cc(N)ccc3o2)ccc1F. The number of hydrogen-bond acceptors (Lipinski definition) is 5. The molecule has 0 aliphatic carbocycles. The van der Waals surface area contributed by atoms with E-state index in [1.54, 1.807) is 24.3 Å². The van der Waals surface area contributed by atoms with Gasteiger partial charge in [-0.2, -0.15) is 4.98 Å². The highest BCUT2D eigenvalue weighted by Crippen LogP contribution is 2.26. The summed E-state index contributed by atoms with van der Waals surface area (Å²) >= 11 is 0. The Hall–Kier alpha value is -2.76. The summed E-state index contributed by atoms with van der Waals surface area (Å²) in [5, 5.41) is 2.95. The Balaban J connectivity index is 1.92. The maximum atomic E-state index is 13.3. The lowest BCUT2D eigenvalue weighted by Crippen LogP contribution is -1.93. The van der Waals surface area contributed by atoms with Crippen LogP contribution in [0.25, 0.3) is 11.1 Å². The van der Waals surface area contributed by atoms with E-state index in [1.165, 1.54) is 19.2 Å². The highest BCUT2D eigenvalue weighted by atomic mass is 19.1. The summed E-state index contributed by atoms with van der Waals surface area (Å²) in [6.07, 6.45) is 0. The van der Waals surface area contributed by atoms with Gasteiger partial charge in [-0.05, 0) is 30.3 Å². The molecule has 0 spiro atoms. The van der Waals surface area contributed by atoms with Crippen molar-refractivity contribution in [3.05, 3.63) is 42.2 Å². The molecule has 1 aromatic heterocycles. The molecule has 102 valence electrons. The fourth-order valence-electron chi connectivity index (χ4n) is 1.86. The van der Waals surface area contributed by atoms with Crippen LogP contribution in [0, 0.1) is 5.82 Å². The van der Waals surface area contributed by atoms with E-state index in [-0.39, 0.29) is 5.75 Å². The largest absolute Gasteiger partial charge is 0.494 e. The first-order chi connectivity index (χ1) is 9.65. The lowest BCUT2D eigenvalue weighted by molar-refractivity contribution is 0.387. The molecule has 0 radical (unpaired) electrons. The van der Waals surface area contributed by atoms with Crippen LogP contribution < -0.4 is 15.8 Å². The quantitative estimate of drug-likeness (QED) is 0.716. The fourth-order valence-corrected chi connectivity index (χ4v) is 1.86. The van der Waals surface area contributed by atoms with Gasteiger partial charge in [0.05, 0.1) is 7.11 Å². The number of nitrogens with zero attached hydrogens (tertiary/aromatic N) is 1. The highest BCUT2D eigenvalue weighted by Gasteiger charge is 2.08. The Morgan fingerprint density at radius 2 is 2.10 bits per heavy atom. The second kappa shape index (κ2) is 4.73. The van der Waals surface area contributed by atoms with Crippen LogP contribution in [0.3, 0.4) is 0 Å². The highest BCUT2D eigenvalue weighted by molar-refractivity contribution is 5.78. The Morgan fingerprint density at radius 1 is 1.25 bits per heavy atom. The zero-order valence-electron chi connectivity index (χ0n) is 10.7. The van der Waals surface area contributed by atoms with Crippen LogP contribution in [0.2, 0.25) is 0 Å². The van der Waals surface area contributed by atoms with Gasteiger partial charge in [0.25, 0.3) is 6.01 Å². The van der Waals surface area contributed by atoms with E-state index in [0.29, 0.717) is 28.5 Å². The van der Waals surface area contributed by atoms with Crippen molar-refractivity contribution in [1.82, 2.24) is 4.98 Å². The molecular weight excluding hydrogens is 261 g/mol. The smallest absolute Gasteiger partial charge is 0.300 e. The van der Waals surface area contributed by atoms with Crippen molar-refractivity contribution in [3.63, 3.8) is 0 Å². The predicted octanol–water partition coefficient (Wildman–Crippen LogP) is 3.30. The van der Waals surface area contributed by atoms with Gasteiger partial charge in [0.1, 0.15) is 5.52 Å². The zero-order chi connectivity index (χ0) is 14.1. The number of ether oxygens (including phenoxy) is 1. The molecule has 3 N–H and O–H groups in total. The van der Waals surface area contributed by atoms with E-state index < -0.39 is 5.82 Å². The minimum Gasteiger partial charge on any atom is -0.494 e. The fraction of sp³-hybridized carbons (Fsp3) is 0.0714. The molecule has 1 heterocycles. The minimum atomic E-state index is -0.427. The maximum absolute atomic E-state index is 13.3. The Morgan fingerprint density at radius 3 is 2.90 bits per heavy atom. The molecule has 0 amide bonds. The van der Waals surface area contributed by atoms with Crippen molar-refractivity contribution in [1.29, 1.82) is 0 Å². The number of fused-ring (bicyclic) bond motifs is 1. The molecule has 0 saturated carbocycles. The molecule has 6 heteroatoms. The molecule has 3 rings (SSSR count). The standard InChI is InChI=1S/C14H12FN3O2/c1-19-13-7-9(3-4-10(13)15)17-14-18-11-6-8(16)2-5-12(11)20-14/h2-7H,16H2,1H3,(H,17,18). The number of methoxy groups -OCH3 is 1. The average Bonchev–Trinajstić information content (AvgIpc) is 2.82. The molecule has 0 aliphatic heterocycles. The summed E-state index contributed by atoms with van der Waals surface area (Å²) in [6.45, 7) is 0. The number of nitrogen functional groups attached to an aromatic ring is 1. The minimum absolute atomic E-state index is 0.148. The van der Waals surface area contributed by atoms with E-state index in [1.807, 2.05) is 0 Å². The molecule has 5 nitrogen and oxygen atoms in total. The Bertz CT molecular complexity index is 770. The van der Waals surface area contributed by atoms with Crippen LogP contribution in [-0.2, 0) is 0 Å². The van der Waals surface area contributed by atoms with Crippen molar-refractivity contribution in [2.75, 3.05) is 18.2 Å². The summed E-state index contributed by atoms with van der Waals surface area (Å²) in [5.74, 6) is -0.279. The second-order valence-corrected chi connectivity index (χ2v) is 4.22. The normalized spacial score (nSPS) is 10.7. The molecule has 0 atom stereocenters. The van der Waals surface area contributed by atoms with Gasteiger partial charge in [0, 0.05) is 17.4 Å². The first-order valence-electron chi connectivity index (χ1n) is 5.92. The predicted molar refractivity (Wildman–Crippen MR) is 74.7 cm³/mol. The first kappa shape index (κ1) is 12.3. The lowest BCUT2D eigenvalue weighted by Gasteiger charge is -2.05. The molecule has 0 bridgehead atoms. The Labute approximate surface area is 114 Å². The summed E-state index contributed by atoms with van der Waals surface area (Å²) < 4.78 is 23.7. The van der Waals surface area contributed by atoms with Crippen LogP contribution in [0.1, 0.15) is 0 Å². The van der Waals surface area contributed by atoms with Crippen LogP contribution in [-0.4, -0.2) is 12.1 Å². The molecule has 20 heavy (non-hydrogen) atoms. The molecule has 0 aliphatic rings. The van der Waals surface area contributed by atoms with Crippen molar-refractivity contribution >= 4 is 28.5 Å². The van der Waals surface area contributed by atoms with Crippen molar-refractivity contribution < 1.29 is 13.5 Å². The van der Waals surface area contributed by atoms with Crippen LogP contribution in [0.5, 0.6) is 5.75 Å². The van der Waals surface area contributed by atoms with Gasteiger partial charge in [-0.25, -0.2) is 4.39 Å². The number of anilines is 3. The lowest BCUT2D eigenvalue weighted by atomic mass is 10.3. The maximum Gasteiger partial charge on any atom is 0.300 e. The van der Waals surface area contributed by atoms with Crippen LogP contribution >= 0.6 is 0 Å². The van der Waals surface area contributed by atoms with Crippen molar-refractivity contribution in [2.24, 2.45) is 0 Å². The molecule has 0 saturated heterocycles. The van der Waals surface area contributed by atoms with Gasteiger partial charge in [0.2, 0.25) is 0 Å². The van der Waals surface area contributed by atoms with Gasteiger partial charge >= 0.3 is 0 Å². The summed E-state index contributed by atoms with van der Waals surface area (Å²) in [4.78, 5) is 4.25. The molecule has 3 aromatic rings. The molecule has 0 fully saturated rings. The number of nitrogens with one attached hydrogen (secondary N) is 1. The summed E-state index contributed by atoms with van der Waals surface area (Å²) in [7, 11) is 1.41. The summed E-state index contributed by atoms with van der Waals surface area (Å²) in [6, 6.07) is 9.91. The van der Waals surface area contributed by atoms with E-state index in [9.17, 15) is 4.39 Å². The number of nitrogens with two attached hydrogens (primary N) is 1. The van der Waals surface area contributed by atoms with E-state index in [0.717, 1.165) is 0 Å².